The van der Waals surface area contributed by atoms with E-state index in [-0.39, 0.29) is 0 Å². The fraction of sp³-hybridized carbons (Fsp3) is 0.250. The lowest BCUT2D eigenvalue weighted by atomic mass is 10.4. The molecule has 6 heteroatoms. The van der Waals surface area contributed by atoms with Crippen molar-refractivity contribution in [3.63, 3.8) is 0 Å². The molecule has 2 aromatic rings. The molecule has 74 valence electrons. The fourth-order valence-electron chi connectivity index (χ4n) is 1.13. The van der Waals surface area contributed by atoms with Crippen molar-refractivity contribution in [2.45, 2.75) is 6.54 Å². The van der Waals surface area contributed by atoms with Gasteiger partial charge in [-0.1, -0.05) is 0 Å². The van der Waals surface area contributed by atoms with Crippen molar-refractivity contribution >= 4 is 27.3 Å². The molecule has 4 nitrogen and oxygen atoms in total. The fourth-order valence-corrected chi connectivity index (χ4v) is 2.45. The van der Waals surface area contributed by atoms with Gasteiger partial charge in [-0.25, -0.2) is 4.98 Å². The zero-order chi connectivity index (χ0) is 10.1. The van der Waals surface area contributed by atoms with Crippen LogP contribution in [0.15, 0.2) is 15.9 Å². The van der Waals surface area contributed by atoms with Crippen LogP contribution in [-0.4, -0.2) is 14.8 Å². The Kier molecular flexibility index (Phi) is 2.66. The van der Waals surface area contributed by atoms with Gasteiger partial charge in [0.1, 0.15) is 5.82 Å². The molecule has 14 heavy (non-hydrogen) atoms. The lowest BCUT2D eigenvalue weighted by molar-refractivity contribution is 0.703. The monoisotopic (exact) mass is 272 g/mol. The van der Waals surface area contributed by atoms with E-state index in [1.54, 1.807) is 16.0 Å². The van der Waals surface area contributed by atoms with E-state index < -0.39 is 0 Å². The Labute approximate surface area is 93.9 Å². The molecule has 0 spiro atoms. The van der Waals surface area contributed by atoms with E-state index in [1.807, 2.05) is 19.2 Å². The molecule has 0 bridgehead atoms. The van der Waals surface area contributed by atoms with E-state index in [0.717, 1.165) is 20.3 Å². The third-order valence-electron chi connectivity index (χ3n) is 1.83. The second-order valence-corrected chi connectivity index (χ2v) is 5.25. The van der Waals surface area contributed by atoms with Crippen LogP contribution in [0, 0.1) is 0 Å². The average molecular weight is 273 g/mol. The molecule has 0 aliphatic rings. The molecule has 0 amide bonds. The molecule has 2 rings (SSSR count). The number of nitrogens with two attached hydrogens (primary N) is 1. The minimum Gasteiger partial charge on any atom is -0.324 e. The van der Waals surface area contributed by atoms with E-state index >= 15 is 0 Å². The van der Waals surface area contributed by atoms with Crippen LogP contribution in [0.25, 0.3) is 10.7 Å². The van der Waals surface area contributed by atoms with Crippen molar-refractivity contribution in [2.75, 3.05) is 0 Å². The highest BCUT2D eigenvalue weighted by atomic mass is 79.9. The van der Waals surface area contributed by atoms with E-state index in [4.69, 9.17) is 5.73 Å². The van der Waals surface area contributed by atoms with Crippen molar-refractivity contribution in [3.8, 4) is 10.7 Å². The van der Waals surface area contributed by atoms with E-state index in [0.29, 0.717) is 6.54 Å². The summed E-state index contributed by atoms with van der Waals surface area (Å²) in [6, 6.07) is 3.98. The van der Waals surface area contributed by atoms with Gasteiger partial charge in [-0.05, 0) is 28.1 Å². The Bertz CT molecular complexity index is 448. The summed E-state index contributed by atoms with van der Waals surface area (Å²) in [7, 11) is 1.85. The van der Waals surface area contributed by atoms with Gasteiger partial charge < -0.3 is 5.73 Å². The second-order valence-electron chi connectivity index (χ2n) is 2.78. The van der Waals surface area contributed by atoms with Crippen LogP contribution in [0.5, 0.6) is 0 Å². The van der Waals surface area contributed by atoms with Crippen LogP contribution in [0.3, 0.4) is 0 Å². The number of aromatic nitrogens is 3. The van der Waals surface area contributed by atoms with Gasteiger partial charge >= 0.3 is 0 Å². The van der Waals surface area contributed by atoms with Gasteiger partial charge in [0.2, 0.25) is 0 Å². The second kappa shape index (κ2) is 3.80. The maximum absolute atomic E-state index is 5.52. The summed E-state index contributed by atoms with van der Waals surface area (Å²) in [6.07, 6.45) is 0. The standard InChI is InChI=1S/C8H9BrN4S/c1-13-7(4-10)11-8(12-13)5-2-3-6(9)14-5/h2-3H,4,10H2,1H3. The van der Waals surface area contributed by atoms with Gasteiger partial charge in [0.05, 0.1) is 15.2 Å². The lowest BCUT2D eigenvalue weighted by Crippen LogP contribution is -2.05. The molecule has 0 aliphatic carbocycles. The van der Waals surface area contributed by atoms with Gasteiger partial charge in [-0.3, -0.25) is 4.68 Å². The summed E-state index contributed by atoms with van der Waals surface area (Å²) in [5.74, 6) is 1.54. The molecule has 0 aliphatic heterocycles. The van der Waals surface area contributed by atoms with Crippen LogP contribution >= 0.6 is 27.3 Å². The summed E-state index contributed by atoms with van der Waals surface area (Å²) in [5, 5.41) is 4.28. The Balaban J connectivity index is 2.42. The number of thiophene rings is 1. The minimum absolute atomic E-state index is 0.413. The van der Waals surface area contributed by atoms with Crippen molar-refractivity contribution in [1.82, 2.24) is 14.8 Å². The average Bonchev–Trinajstić information content (AvgIpc) is 2.71. The van der Waals surface area contributed by atoms with Crippen molar-refractivity contribution < 1.29 is 0 Å². The molecule has 2 heterocycles. The number of nitrogens with zero attached hydrogens (tertiary/aromatic N) is 3. The molecule has 0 saturated carbocycles. The largest absolute Gasteiger partial charge is 0.324 e. The molecule has 0 atom stereocenters. The number of rotatable bonds is 2. The third kappa shape index (κ3) is 1.73. The van der Waals surface area contributed by atoms with Gasteiger partial charge in [0, 0.05) is 7.05 Å². The molecule has 0 saturated heterocycles. The molecular formula is C8H9BrN4S. The minimum atomic E-state index is 0.413. The Morgan fingerprint density at radius 1 is 1.57 bits per heavy atom. The first-order valence-electron chi connectivity index (χ1n) is 4.06. The molecular weight excluding hydrogens is 264 g/mol. The highest BCUT2D eigenvalue weighted by Gasteiger charge is 2.09. The summed E-state index contributed by atoms with van der Waals surface area (Å²) >= 11 is 5.01. The molecule has 2 aromatic heterocycles. The molecule has 0 radical (unpaired) electrons. The predicted octanol–water partition coefficient (Wildman–Crippen LogP) is 1.76. The molecule has 0 unspecified atom stereocenters. The quantitative estimate of drug-likeness (QED) is 0.907. The van der Waals surface area contributed by atoms with E-state index in [2.05, 4.69) is 26.0 Å². The molecule has 2 N–H and O–H groups in total. The van der Waals surface area contributed by atoms with Gasteiger partial charge in [-0.2, -0.15) is 5.10 Å². The van der Waals surface area contributed by atoms with Crippen LogP contribution in [0.1, 0.15) is 5.82 Å². The molecule has 0 fully saturated rings. The third-order valence-corrected chi connectivity index (χ3v) is 3.45. The summed E-state index contributed by atoms with van der Waals surface area (Å²) in [5.41, 5.74) is 5.52. The summed E-state index contributed by atoms with van der Waals surface area (Å²) in [4.78, 5) is 5.38. The van der Waals surface area contributed by atoms with Crippen molar-refractivity contribution in [3.05, 3.63) is 21.7 Å². The highest BCUT2D eigenvalue weighted by Crippen LogP contribution is 2.29. The normalized spacial score (nSPS) is 10.8. The molecule has 0 aromatic carbocycles. The van der Waals surface area contributed by atoms with E-state index in [1.165, 1.54) is 0 Å². The van der Waals surface area contributed by atoms with Gasteiger partial charge in [-0.15, -0.1) is 11.3 Å². The van der Waals surface area contributed by atoms with Crippen LogP contribution in [0.2, 0.25) is 0 Å². The van der Waals surface area contributed by atoms with Crippen molar-refractivity contribution in [1.29, 1.82) is 0 Å². The zero-order valence-corrected chi connectivity index (χ0v) is 9.97. The lowest BCUT2D eigenvalue weighted by Gasteiger charge is -1.90. The zero-order valence-electron chi connectivity index (χ0n) is 7.57. The highest BCUT2D eigenvalue weighted by molar-refractivity contribution is 9.11. The van der Waals surface area contributed by atoms with E-state index in [9.17, 15) is 0 Å². The summed E-state index contributed by atoms with van der Waals surface area (Å²) in [6.45, 7) is 0.413. The first-order chi connectivity index (χ1) is 6.70. The van der Waals surface area contributed by atoms with Crippen LogP contribution in [-0.2, 0) is 13.6 Å². The Morgan fingerprint density at radius 3 is 2.86 bits per heavy atom. The maximum atomic E-state index is 5.52. The van der Waals surface area contributed by atoms with Crippen molar-refractivity contribution in [2.24, 2.45) is 12.8 Å². The van der Waals surface area contributed by atoms with Crippen LogP contribution < -0.4 is 5.73 Å². The number of halogens is 1. The first kappa shape index (κ1) is 9.82. The van der Waals surface area contributed by atoms with Crippen LogP contribution in [0.4, 0.5) is 0 Å². The first-order valence-corrected chi connectivity index (χ1v) is 5.67. The smallest absolute Gasteiger partial charge is 0.191 e. The number of aryl methyl sites for hydroxylation is 1. The predicted molar refractivity (Wildman–Crippen MR) is 59.9 cm³/mol. The SMILES string of the molecule is Cn1nc(-c2ccc(Br)s2)nc1CN. The number of hydrogen-bond donors (Lipinski definition) is 1. The van der Waals surface area contributed by atoms with Gasteiger partial charge in [0.15, 0.2) is 5.82 Å². The Morgan fingerprint density at radius 2 is 2.36 bits per heavy atom. The Hall–Kier alpha value is -0.720. The maximum Gasteiger partial charge on any atom is 0.191 e. The topological polar surface area (TPSA) is 56.7 Å². The summed E-state index contributed by atoms with van der Waals surface area (Å²) < 4.78 is 2.79. The number of hydrogen-bond acceptors (Lipinski definition) is 4. The van der Waals surface area contributed by atoms with Gasteiger partial charge in [0.25, 0.3) is 0 Å².